The smallest absolute Gasteiger partial charge is 0.274 e. The lowest BCUT2D eigenvalue weighted by molar-refractivity contribution is -0.114. The maximum atomic E-state index is 14.3. The van der Waals surface area contributed by atoms with Crippen LogP contribution in [0.15, 0.2) is 70.3 Å². The number of carbonyl (C=O) groups is 1. The number of amides is 1. The second-order valence-electron chi connectivity index (χ2n) is 5.45. The Morgan fingerprint density at radius 3 is 2.33 bits per heavy atom. The number of nitrogens with zero attached hydrogens (tertiary/aromatic N) is 1. The highest BCUT2D eigenvalue weighted by atomic mass is 32.2. The van der Waals surface area contributed by atoms with Crippen LogP contribution < -0.4 is 9.62 Å². The van der Waals surface area contributed by atoms with E-state index in [4.69, 9.17) is 0 Å². The third kappa shape index (κ3) is 4.32. The van der Waals surface area contributed by atoms with Crippen molar-refractivity contribution in [3.05, 3.63) is 77.7 Å². The molecule has 140 valence electrons. The topological polar surface area (TPSA) is 66.5 Å². The van der Waals surface area contributed by atoms with E-state index in [9.17, 15) is 22.0 Å². The molecule has 0 aliphatic heterocycles. The van der Waals surface area contributed by atoms with Gasteiger partial charge in [-0.1, -0.05) is 18.2 Å². The van der Waals surface area contributed by atoms with Gasteiger partial charge in [0.1, 0.15) is 22.4 Å². The van der Waals surface area contributed by atoms with E-state index in [0.717, 1.165) is 29.5 Å². The molecule has 0 aliphatic carbocycles. The van der Waals surface area contributed by atoms with Gasteiger partial charge in [-0.3, -0.25) is 9.10 Å². The van der Waals surface area contributed by atoms with Crippen molar-refractivity contribution in [3.8, 4) is 0 Å². The van der Waals surface area contributed by atoms with Crippen LogP contribution in [0.2, 0.25) is 0 Å². The Morgan fingerprint density at radius 1 is 1.00 bits per heavy atom. The number of rotatable bonds is 6. The zero-order valence-corrected chi connectivity index (χ0v) is 15.4. The molecule has 0 saturated heterocycles. The van der Waals surface area contributed by atoms with E-state index in [-0.39, 0.29) is 9.90 Å². The minimum atomic E-state index is -4.14. The first-order valence-corrected chi connectivity index (χ1v) is 10.1. The first-order valence-electron chi connectivity index (χ1n) is 7.74. The highest BCUT2D eigenvalue weighted by Gasteiger charge is 2.29. The van der Waals surface area contributed by atoms with Crippen molar-refractivity contribution in [2.75, 3.05) is 16.2 Å². The largest absolute Gasteiger partial charge is 0.325 e. The van der Waals surface area contributed by atoms with Crippen molar-refractivity contribution in [3.63, 3.8) is 0 Å². The van der Waals surface area contributed by atoms with E-state index < -0.39 is 34.1 Å². The van der Waals surface area contributed by atoms with E-state index in [1.54, 1.807) is 11.4 Å². The predicted octanol–water partition coefficient (Wildman–Crippen LogP) is 3.86. The van der Waals surface area contributed by atoms with E-state index in [2.05, 4.69) is 5.32 Å². The zero-order valence-electron chi connectivity index (χ0n) is 13.8. The summed E-state index contributed by atoms with van der Waals surface area (Å²) in [6.07, 6.45) is 0. The molecule has 0 aliphatic rings. The Hall–Kier alpha value is -2.78. The second-order valence-corrected chi connectivity index (χ2v) is 8.49. The Labute approximate surface area is 158 Å². The number of benzene rings is 2. The molecular formula is C18H14F2N2O3S2. The molecule has 1 N–H and O–H groups in total. The van der Waals surface area contributed by atoms with E-state index >= 15 is 0 Å². The standard InChI is InChI=1S/C18H14F2N2O3S2/c19-13-7-9-14(10-8-13)21-17(23)12-22(16-5-2-1-4-15(16)20)27(24,25)18-6-3-11-26-18/h1-11H,12H2,(H,21,23). The van der Waals surface area contributed by atoms with Crippen LogP contribution in [-0.4, -0.2) is 20.9 Å². The summed E-state index contributed by atoms with van der Waals surface area (Å²) in [6, 6.07) is 13.2. The van der Waals surface area contributed by atoms with Crippen LogP contribution in [0.3, 0.4) is 0 Å². The number of carbonyl (C=O) groups excluding carboxylic acids is 1. The Kier molecular flexibility index (Phi) is 5.52. The molecular weight excluding hydrogens is 394 g/mol. The second kappa shape index (κ2) is 7.85. The minimum absolute atomic E-state index is 0.0136. The normalized spacial score (nSPS) is 11.2. The number of thiophene rings is 1. The molecule has 27 heavy (non-hydrogen) atoms. The van der Waals surface area contributed by atoms with Gasteiger partial charge >= 0.3 is 0 Å². The van der Waals surface area contributed by atoms with Crippen LogP contribution in [0.4, 0.5) is 20.2 Å². The highest BCUT2D eigenvalue weighted by molar-refractivity contribution is 7.94. The molecule has 3 aromatic rings. The van der Waals surface area contributed by atoms with Crippen molar-refractivity contribution in [1.29, 1.82) is 0 Å². The van der Waals surface area contributed by atoms with Gasteiger partial charge in [-0.25, -0.2) is 17.2 Å². The van der Waals surface area contributed by atoms with Crippen molar-refractivity contribution in [1.82, 2.24) is 0 Å². The lowest BCUT2D eigenvalue weighted by Crippen LogP contribution is -2.38. The predicted molar refractivity (Wildman–Crippen MR) is 100 cm³/mol. The average Bonchev–Trinajstić information content (AvgIpc) is 3.18. The van der Waals surface area contributed by atoms with Gasteiger partial charge in [-0.2, -0.15) is 0 Å². The first-order chi connectivity index (χ1) is 12.9. The number of hydrogen-bond donors (Lipinski definition) is 1. The van der Waals surface area contributed by atoms with Crippen LogP contribution in [0.1, 0.15) is 0 Å². The fourth-order valence-electron chi connectivity index (χ4n) is 2.34. The summed E-state index contributed by atoms with van der Waals surface area (Å²) < 4.78 is 53.8. The lowest BCUT2D eigenvalue weighted by atomic mass is 10.3. The van der Waals surface area contributed by atoms with Gasteiger partial charge in [0.2, 0.25) is 5.91 Å². The third-order valence-corrected chi connectivity index (χ3v) is 6.71. The molecule has 5 nitrogen and oxygen atoms in total. The van der Waals surface area contributed by atoms with Gasteiger partial charge in [0.25, 0.3) is 10.0 Å². The fourth-order valence-corrected chi connectivity index (χ4v) is 4.87. The van der Waals surface area contributed by atoms with Gasteiger partial charge in [0.15, 0.2) is 0 Å². The maximum Gasteiger partial charge on any atom is 0.274 e. The summed E-state index contributed by atoms with van der Waals surface area (Å²) in [7, 11) is -4.14. The Balaban J connectivity index is 1.92. The molecule has 1 aromatic heterocycles. The van der Waals surface area contributed by atoms with Gasteiger partial charge in [-0.05, 0) is 47.8 Å². The van der Waals surface area contributed by atoms with E-state index in [1.165, 1.54) is 36.4 Å². The van der Waals surface area contributed by atoms with Crippen LogP contribution in [0.5, 0.6) is 0 Å². The summed E-state index contributed by atoms with van der Waals surface area (Å²) in [6.45, 7) is -0.640. The Bertz CT molecular complexity index is 1040. The maximum absolute atomic E-state index is 14.3. The van der Waals surface area contributed by atoms with Crippen molar-refractivity contribution in [2.24, 2.45) is 0 Å². The van der Waals surface area contributed by atoms with E-state index in [0.29, 0.717) is 9.99 Å². The van der Waals surface area contributed by atoms with Crippen molar-refractivity contribution < 1.29 is 22.0 Å². The number of para-hydroxylation sites is 1. The molecule has 1 amide bonds. The van der Waals surface area contributed by atoms with Crippen LogP contribution in [0, 0.1) is 11.6 Å². The summed E-state index contributed by atoms with van der Waals surface area (Å²) >= 11 is 0.966. The average molecular weight is 408 g/mol. The lowest BCUT2D eigenvalue weighted by Gasteiger charge is -2.23. The molecule has 0 saturated carbocycles. The summed E-state index contributed by atoms with van der Waals surface area (Å²) in [5.74, 6) is -1.93. The number of halogens is 2. The fraction of sp³-hybridized carbons (Fsp3) is 0.0556. The van der Waals surface area contributed by atoms with Crippen LogP contribution >= 0.6 is 11.3 Å². The molecule has 0 radical (unpaired) electrons. The molecule has 9 heteroatoms. The van der Waals surface area contributed by atoms with Crippen molar-refractivity contribution >= 4 is 38.6 Å². The van der Waals surface area contributed by atoms with Crippen molar-refractivity contribution in [2.45, 2.75) is 4.21 Å². The molecule has 2 aromatic carbocycles. The molecule has 3 rings (SSSR count). The summed E-state index contributed by atoms with van der Waals surface area (Å²) in [5.41, 5.74) is 0.0589. The molecule has 0 spiro atoms. The molecule has 1 heterocycles. The van der Waals surface area contributed by atoms with Gasteiger partial charge < -0.3 is 5.32 Å². The number of anilines is 2. The third-order valence-electron chi connectivity index (χ3n) is 3.58. The van der Waals surface area contributed by atoms with E-state index in [1.807, 2.05) is 0 Å². The van der Waals surface area contributed by atoms with Gasteiger partial charge in [-0.15, -0.1) is 11.3 Å². The highest BCUT2D eigenvalue weighted by Crippen LogP contribution is 2.28. The van der Waals surface area contributed by atoms with Gasteiger partial charge in [0.05, 0.1) is 5.69 Å². The van der Waals surface area contributed by atoms with Crippen LogP contribution in [-0.2, 0) is 14.8 Å². The first kappa shape index (κ1) is 19.0. The Morgan fingerprint density at radius 2 is 1.70 bits per heavy atom. The molecule has 0 bridgehead atoms. The monoisotopic (exact) mass is 408 g/mol. The summed E-state index contributed by atoms with van der Waals surface area (Å²) in [4.78, 5) is 12.4. The van der Waals surface area contributed by atoms with Gasteiger partial charge in [0, 0.05) is 5.69 Å². The number of sulfonamides is 1. The molecule has 0 atom stereocenters. The quantitative estimate of drug-likeness (QED) is 0.674. The molecule has 0 unspecified atom stereocenters. The molecule has 0 fully saturated rings. The SMILES string of the molecule is O=C(CN(c1ccccc1F)S(=O)(=O)c1cccs1)Nc1ccc(F)cc1. The number of hydrogen-bond acceptors (Lipinski definition) is 4. The number of nitrogens with one attached hydrogen (secondary N) is 1. The zero-order chi connectivity index (χ0) is 19.4. The van der Waals surface area contributed by atoms with Crippen LogP contribution in [0.25, 0.3) is 0 Å². The summed E-state index contributed by atoms with van der Waals surface area (Å²) in [5, 5.41) is 4.05. The minimum Gasteiger partial charge on any atom is -0.325 e.